The van der Waals surface area contributed by atoms with Gasteiger partial charge >= 0.3 is 12.1 Å². The van der Waals surface area contributed by atoms with E-state index < -0.39 is 11.6 Å². The molecule has 1 amide bonds. The maximum atomic E-state index is 12.0. The molecule has 1 aliphatic rings. The van der Waals surface area contributed by atoms with Gasteiger partial charge in [-0.1, -0.05) is 0 Å². The molecule has 0 bridgehead atoms. The van der Waals surface area contributed by atoms with E-state index in [2.05, 4.69) is 0 Å². The number of piperidine rings is 1. The fourth-order valence-electron chi connectivity index (χ4n) is 2.44. The largest absolute Gasteiger partial charge is 0.478 e. The molecule has 116 valence electrons. The van der Waals surface area contributed by atoms with Gasteiger partial charge in [-0.05, 0) is 39.7 Å². The number of ether oxygens (including phenoxy) is 1. The number of rotatable bonds is 2. The lowest BCUT2D eigenvalue weighted by Crippen LogP contribution is -2.42. The maximum absolute atomic E-state index is 12.0. The summed E-state index contributed by atoms with van der Waals surface area (Å²) in [6.45, 7) is 6.81. The Hall–Kier alpha value is -1.98. The van der Waals surface area contributed by atoms with Gasteiger partial charge in [-0.2, -0.15) is 0 Å². The number of likely N-dealkylation sites (tertiary alicyclic amines) is 1. The highest BCUT2D eigenvalue weighted by Crippen LogP contribution is 2.24. The van der Waals surface area contributed by atoms with Gasteiger partial charge < -0.3 is 19.3 Å². The zero-order valence-electron chi connectivity index (χ0n) is 12.7. The molecule has 0 radical (unpaired) electrons. The van der Waals surface area contributed by atoms with Crippen LogP contribution in [-0.2, 0) is 4.74 Å². The van der Waals surface area contributed by atoms with Gasteiger partial charge in [0.25, 0.3) is 0 Å². The van der Waals surface area contributed by atoms with Crippen LogP contribution >= 0.6 is 0 Å². The Morgan fingerprint density at radius 2 is 1.90 bits per heavy atom. The van der Waals surface area contributed by atoms with Crippen molar-refractivity contribution < 1.29 is 19.4 Å². The number of carbonyl (C=O) groups excluding carboxylic acids is 1. The van der Waals surface area contributed by atoms with E-state index in [9.17, 15) is 9.59 Å². The molecule has 1 N–H and O–H groups in total. The van der Waals surface area contributed by atoms with Crippen LogP contribution in [0, 0.1) is 0 Å². The summed E-state index contributed by atoms with van der Waals surface area (Å²) in [4.78, 5) is 24.6. The van der Waals surface area contributed by atoms with Gasteiger partial charge in [0.05, 0.1) is 5.56 Å². The number of carboxylic acids is 1. The molecule has 21 heavy (non-hydrogen) atoms. The van der Waals surface area contributed by atoms with Crippen LogP contribution < -0.4 is 0 Å². The summed E-state index contributed by atoms with van der Waals surface area (Å²) in [7, 11) is 0. The molecule has 0 unspecified atom stereocenters. The lowest BCUT2D eigenvalue weighted by molar-refractivity contribution is 0.0188. The molecule has 0 atom stereocenters. The third kappa shape index (κ3) is 4.00. The predicted molar refractivity (Wildman–Crippen MR) is 77.5 cm³/mol. The van der Waals surface area contributed by atoms with Gasteiger partial charge in [0.15, 0.2) is 0 Å². The topological polar surface area (TPSA) is 71.8 Å². The molecular formula is C15H22N2O4. The molecular weight excluding hydrogens is 272 g/mol. The van der Waals surface area contributed by atoms with Crippen LogP contribution in [0.4, 0.5) is 4.79 Å². The molecule has 2 rings (SSSR count). The molecule has 2 heterocycles. The van der Waals surface area contributed by atoms with Crippen molar-refractivity contribution in [2.24, 2.45) is 0 Å². The second kappa shape index (κ2) is 5.79. The van der Waals surface area contributed by atoms with Crippen molar-refractivity contribution >= 4 is 12.1 Å². The van der Waals surface area contributed by atoms with E-state index in [0.29, 0.717) is 18.7 Å². The number of aromatic carboxylic acids is 1. The Bertz CT molecular complexity index is 522. The van der Waals surface area contributed by atoms with E-state index >= 15 is 0 Å². The number of aromatic nitrogens is 1. The third-order valence-corrected chi connectivity index (χ3v) is 3.50. The van der Waals surface area contributed by atoms with Gasteiger partial charge in [0, 0.05) is 31.5 Å². The molecule has 1 aromatic rings. The minimum atomic E-state index is -0.917. The normalized spacial score (nSPS) is 16.8. The van der Waals surface area contributed by atoms with Crippen LogP contribution in [0.3, 0.4) is 0 Å². The lowest BCUT2D eigenvalue weighted by atomic mass is 10.1. The first-order valence-electron chi connectivity index (χ1n) is 7.15. The van der Waals surface area contributed by atoms with Gasteiger partial charge in [-0.15, -0.1) is 0 Å². The summed E-state index contributed by atoms with van der Waals surface area (Å²) < 4.78 is 7.28. The van der Waals surface area contributed by atoms with Crippen LogP contribution in [0.25, 0.3) is 0 Å². The van der Waals surface area contributed by atoms with Gasteiger partial charge in [0.2, 0.25) is 0 Å². The monoisotopic (exact) mass is 294 g/mol. The van der Waals surface area contributed by atoms with Crippen LogP contribution in [0.1, 0.15) is 50.0 Å². The van der Waals surface area contributed by atoms with Crippen molar-refractivity contribution in [2.75, 3.05) is 13.1 Å². The zero-order chi connectivity index (χ0) is 15.6. The Morgan fingerprint density at radius 1 is 1.29 bits per heavy atom. The number of amides is 1. The average molecular weight is 294 g/mol. The third-order valence-electron chi connectivity index (χ3n) is 3.50. The van der Waals surface area contributed by atoms with Crippen LogP contribution in [0.15, 0.2) is 18.5 Å². The Balaban J connectivity index is 1.90. The number of carbonyl (C=O) groups is 2. The van der Waals surface area contributed by atoms with E-state index in [1.54, 1.807) is 23.4 Å². The van der Waals surface area contributed by atoms with Crippen molar-refractivity contribution in [1.29, 1.82) is 0 Å². The summed E-state index contributed by atoms with van der Waals surface area (Å²) in [6, 6.07) is 1.83. The van der Waals surface area contributed by atoms with Gasteiger partial charge in [0.1, 0.15) is 5.60 Å². The van der Waals surface area contributed by atoms with E-state index in [1.165, 1.54) is 0 Å². The second-order valence-corrected chi connectivity index (χ2v) is 6.35. The molecule has 6 nitrogen and oxygen atoms in total. The molecule has 1 aliphatic heterocycles. The van der Waals surface area contributed by atoms with Crippen molar-refractivity contribution in [1.82, 2.24) is 9.47 Å². The van der Waals surface area contributed by atoms with Crippen molar-refractivity contribution in [3.63, 3.8) is 0 Å². The zero-order valence-corrected chi connectivity index (χ0v) is 12.7. The standard InChI is InChI=1S/C15H22N2O4/c1-15(2,3)21-14(20)16-8-5-12(6-9-16)17-7-4-11(10-17)13(18)19/h4,7,10,12H,5-6,8-9H2,1-3H3,(H,18,19). The fourth-order valence-corrected chi connectivity index (χ4v) is 2.44. The number of hydrogen-bond donors (Lipinski definition) is 1. The minimum absolute atomic E-state index is 0.233. The molecule has 0 aromatic carbocycles. The van der Waals surface area contributed by atoms with Crippen molar-refractivity contribution in [3.8, 4) is 0 Å². The van der Waals surface area contributed by atoms with E-state index in [0.717, 1.165) is 12.8 Å². The summed E-state index contributed by atoms with van der Waals surface area (Å²) in [5.74, 6) is -0.917. The molecule has 1 saturated heterocycles. The highest BCUT2D eigenvalue weighted by Gasteiger charge is 2.27. The van der Waals surface area contributed by atoms with Gasteiger partial charge in [-0.3, -0.25) is 0 Å². The van der Waals surface area contributed by atoms with E-state index in [4.69, 9.17) is 9.84 Å². The SMILES string of the molecule is CC(C)(C)OC(=O)N1CCC(n2ccc(C(=O)O)c2)CC1. The summed E-state index contributed by atoms with van der Waals surface area (Å²) in [5.41, 5.74) is -0.186. The first-order chi connectivity index (χ1) is 9.76. The van der Waals surface area contributed by atoms with Crippen molar-refractivity contribution in [2.45, 2.75) is 45.3 Å². The molecule has 0 aliphatic carbocycles. The molecule has 0 saturated carbocycles. The van der Waals surface area contributed by atoms with Gasteiger partial charge in [-0.25, -0.2) is 9.59 Å². The molecule has 6 heteroatoms. The lowest BCUT2D eigenvalue weighted by Gasteiger charge is -2.34. The second-order valence-electron chi connectivity index (χ2n) is 6.35. The molecule has 0 spiro atoms. The number of carboxylic acid groups (broad SMARTS) is 1. The number of hydrogen-bond acceptors (Lipinski definition) is 3. The Kier molecular flexibility index (Phi) is 4.25. The van der Waals surface area contributed by atoms with E-state index in [1.807, 2.05) is 25.3 Å². The Labute approximate surface area is 124 Å². The molecule has 1 fully saturated rings. The minimum Gasteiger partial charge on any atom is -0.478 e. The highest BCUT2D eigenvalue weighted by molar-refractivity contribution is 5.87. The van der Waals surface area contributed by atoms with Crippen LogP contribution in [0.5, 0.6) is 0 Å². The predicted octanol–water partition coefficient (Wildman–Crippen LogP) is 2.76. The molecule has 1 aromatic heterocycles. The first kappa shape index (κ1) is 15.4. The average Bonchev–Trinajstić information content (AvgIpc) is 2.86. The van der Waals surface area contributed by atoms with Crippen LogP contribution in [-0.4, -0.2) is 45.3 Å². The smallest absolute Gasteiger partial charge is 0.410 e. The maximum Gasteiger partial charge on any atom is 0.410 e. The first-order valence-corrected chi connectivity index (χ1v) is 7.15. The summed E-state index contributed by atoms with van der Waals surface area (Å²) in [6.07, 6.45) is 4.76. The quantitative estimate of drug-likeness (QED) is 0.910. The Morgan fingerprint density at radius 3 is 2.38 bits per heavy atom. The highest BCUT2D eigenvalue weighted by atomic mass is 16.6. The fraction of sp³-hybridized carbons (Fsp3) is 0.600. The van der Waals surface area contributed by atoms with Crippen LogP contribution in [0.2, 0.25) is 0 Å². The summed E-state index contributed by atoms with van der Waals surface area (Å²) in [5, 5.41) is 8.94. The van der Waals surface area contributed by atoms with E-state index in [-0.39, 0.29) is 12.1 Å². The summed E-state index contributed by atoms with van der Waals surface area (Å²) >= 11 is 0. The number of nitrogens with zero attached hydrogens (tertiary/aromatic N) is 2. The van der Waals surface area contributed by atoms with Crippen molar-refractivity contribution in [3.05, 3.63) is 24.0 Å².